The zero-order chi connectivity index (χ0) is 17.5. The van der Waals surface area contributed by atoms with Crippen LogP contribution in [0.2, 0.25) is 0 Å². The Morgan fingerprint density at radius 1 is 1.07 bits per heavy atom. The van der Waals surface area contributed by atoms with Crippen LogP contribution in [0.25, 0.3) is 0 Å². The van der Waals surface area contributed by atoms with Gasteiger partial charge < -0.3 is 9.64 Å². The smallest absolute Gasteiger partial charge is 0.233 e. The lowest BCUT2D eigenvalue weighted by Gasteiger charge is -3.06. The molecular formula is C22H21N3O2. The van der Waals surface area contributed by atoms with Crippen molar-refractivity contribution in [1.29, 1.82) is 0 Å². The van der Waals surface area contributed by atoms with Crippen LogP contribution in [0.3, 0.4) is 0 Å². The number of benzene rings is 1. The number of carbonyl (C=O) groups is 1. The lowest BCUT2D eigenvalue weighted by Crippen LogP contribution is -3.07. The molecule has 1 aromatic heterocycles. The van der Waals surface area contributed by atoms with Crippen LogP contribution in [0.5, 0.6) is 5.88 Å². The number of hydrogen-bond donors (Lipinski definition) is 0. The van der Waals surface area contributed by atoms with Crippen LogP contribution in [0.1, 0.15) is 11.3 Å². The molecule has 5 nitrogen and oxygen atoms in total. The van der Waals surface area contributed by atoms with Gasteiger partial charge in [-0.2, -0.15) is 0 Å². The molecule has 6 aliphatic carbocycles. The van der Waals surface area contributed by atoms with Gasteiger partial charge in [0.2, 0.25) is 11.8 Å². The molecule has 7 aliphatic rings. The van der Waals surface area contributed by atoms with Crippen LogP contribution < -0.4 is 4.74 Å². The van der Waals surface area contributed by atoms with Crippen LogP contribution in [0.4, 0.5) is 0 Å². The average Bonchev–Trinajstić information content (AvgIpc) is 3.15. The van der Waals surface area contributed by atoms with Crippen molar-refractivity contribution in [3.05, 3.63) is 47.7 Å². The molecule has 0 bridgehead atoms. The minimum Gasteiger partial charge on any atom is -0.472 e. The fourth-order valence-corrected chi connectivity index (χ4v) is 8.35. The third-order valence-electron chi connectivity index (χ3n) is 9.14. The van der Waals surface area contributed by atoms with Gasteiger partial charge in [-0.1, -0.05) is 30.3 Å². The van der Waals surface area contributed by atoms with E-state index in [1.807, 2.05) is 28.9 Å². The predicted molar refractivity (Wildman–Crippen MR) is 95.3 cm³/mol. The summed E-state index contributed by atoms with van der Waals surface area (Å²) >= 11 is 0. The van der Waals surface area contributed by atoms with E-state index in [2.05, 4.69) is 22.1 Å². The van der Waals surface area contributed by atoms with E-state index in [1.165, 1.54) is 0 Å². The molecular weight excluding hydrogens is 338 g/mol. The SMILES string of the molecule is O=C(N1CCn2nc(OCc3ccccc3)cc2C1)C12C3C4C5C3C1C5C42. The normalized spacial score (nSPS) is 45.3. The lowest BCUT2D eigenvalue weighted by molar-refractivity contribution is -0.597. The summed E-state index contributed by atoms with van der Waals surface area (Å²) < 4.78 is 7.90. The van der Waals surface area contributed by atoms with E-state index >= 15 is 0 Å². The Labute approximate surface area is 157 Å². The van der Waals surface area contributed by atoms with E-state index in [-0.39, 0.29) is 5.41 Å². The van der Waals surface area contributed by atoms with E-state index in [1.54, 1.807) is 0 Å². The highest BCUT2D eigenvalue weighted by molar-refractivity contribution is 5.91. The van der Waals surface area contributed by atoms with Crippen molar-refractivity contribution in [2.24, 2.45) is 46.8 Å². The third kappa shape index (κ3) is 1.22. The summed E-state index contributed by atoms with van der Waals surface area (Å²) in [4.78, 5) is 15.5. The molecule has 1 amide bonds. The van der Waals surface area contributed by atoms with Crippen LogP contribution in [0, 0.1) is 46.8 Å². The second kappa shape index (κ2) is 4.08. The topological polar surface area (TPSA) is 47.4 Å². The Morgan fingerprint density at radius 3 is 2.56 bits per heavy atom. The molecule has 0 radical (unpaired) electrons. The number of rotatable bonds is 4. The quantitative estimate of drug-likeness (QED) is 0.841. The Kier molecular flexibility index (Phi) is 2.09. The van der Waals surface area contributed by atoms with E-state index < -0.39 is 0 Å². The molecule has 6 saturated carbocycles. The molecule has 0 saturated heterocycles. The van der Waals surface area contributed by atoms with Gasteiger partial charge in [-0.15, -0.1) is 5.10 Å². The first-order valence-electron chi connectivity index (χ1n) is 10.3. The summed E-state index contributed by atoms with van der Waals surface area (Å²) in [5, 5.41) is 4.59. The maximum Gasteiger partial charge on any atom is 0.233 e. The van der Waals surface area contributed by atoms with Gasteiger partial charge in [0.1, 0.15) is 6.61 Å². The summed E-state index contributed by atoms with van der Waals surface area (Å²) in [6, 6.07) is 12.2. The molecule has 136 valence electrons. The van der Waals surface area contributed by atoms with Crippen LogP contribution in [-0.2, 0) is 24.5 Å². The zero-order valence-corrected chi connectivity index (χ0v) is 15.0. The summed E-state index contributed by atoms with van der Waals surface area (Å²) in [6.45, 7) is 2.80. The largest absolute Gasteiger partial charge is 0.472 e. The summed E-state index contributed by atoms with van der Waals surface area (Å²) in [7, 11) is 0. The monoisotopic (exact) mass is 359 g/mol. The minimum absolute atomic E-state index is 0.115. The number of fused-ring (bicyclic) bond motifs is 1. The molecule has 0 unspecified atom stereocenters. The highest BCUT2D eigenvalue weighted by atomic mass is 16.5. The molecule has 2 heterocycles. The highest BCUT2D eigenvalue weighted by Crippen LogP contribution is 3.06. The Morgan fingerprint density at radius 2 is 1.81 bits per heavy atom. The lowest BCUT2D eigenvalue weighted by atomic mass is 8.96. The number of carbonyl (C=O) groups excluding carboxylic acids is 1. The Balaban J connectivity index is 0.998. The van der Waals surface area contributed by atoms with E-state index in [9.17, 15) is 4.79 Å². The second-order valence-electron chi connectivity index (χ2n) is 9.52. The number of ether oxygens (including phenoxy) is 1. The molecule has 0 N–H and O–H groups in total. The van der Waals surface area contributed by atoms with Gasteiger partial charge >= 0.3 is 0 Å². The minimum atomic E-state index is 0.115. The van der Waals surface area contributed by atoms with Gasteiger partial charge in [0.05, 0.1) is 24.2 Å². The van der Waals surface area contributed by atoms with E-state index in [0.29, 0.717) is 24.9 Å². The van der Waals surface area contributed by atoms with E-state index in [0.717, 1.165) is 65.8 Å². The predicted octanol–water partition coefficient (Wildman–Crippen LogP) is 2.17. The molecule has 1 aliphatic heterocycles. The van der Waals surface area contributed by atoms with Crippen molar-refractivity contribution in [2.45, 2.75) is 19.7 Å². The molecule has 27 heavy (non-hydrogen) atoms. The van der Waals surface area contributed by atoms with Gasteiger partial charge in [-0.3, -0.25) is 9.48 Å². The third-order valence-corrected chi connectivity index (χ3v) is 9.14. The number of amides is 1. The standard InChI is InChI=1S/C22H21N3O2/c26-21(22-18-15-14-16(18)20(22)17(14)19(15)22)24-6-7-25-12(9-24)8-13(23-25)27-10-11-4-2-1-3-5-11/h1-5,8,14-20H,6-7,9-10H2. The molecule has 0 atom stereocenters. The van der Waals surface area contributed by atoms with Gasteiger partial charge in [0.25, 0.3) is 0 Å². The zero-order valence-electron chi connectivity index (χ0n) is 15.0. The van der Waals surface area contributed by atoms with E-state index in [4.69, 9.17) is 4.74 Å². The van der Waals surface area contributed by atoms with Crippen molar-refractivity contribution in [1.82, 2.24) is 14.7 Å². The summed E-state index contributed by atoms with van der Waals surface area (Å²) in [5.41, 5.74) is 2.36. The fraction of sp³-hybridized carbons (Fsp3) is 0.545. The van der Waals surface area contributed by atoms with Gasteiger partial charge in [-0.05, 0) is 47.0 Å². The summed E-state index contributed by atoms with van der Waals surface area (Å²) in [5.74, 6) is 7.44. The van der Waals surface area contributed by atoms with Crippen LogP contribution in [0.15, 0.2) is 36.4 Å². The number of aromatic nitrogens is 2. The first-order valence-corrected chi connectivity index (χ1v) is 10.3. The van der Waals surface area contributed by atoms with Gasteiger partial charge in [0, 0.05) is 12.6 Å². The first-order chi connectivity index (χ1) is 13.3. The van der Waals surface area contributed by atoms with Crippen molar-refractivity contribution in [2.75, 3.05) is 6.54 Å². The van der Waals surface area contributed by atoms with Gasteiger partial charge in [0.15, 0.2) is 0 Å². The Bertz CT molecular complexity index is 961. The van der Waals surface area contributed by atoms with Crippen molar-refractivity contribution in [3.63, 3.8) is 0 Å². The molecule has 6 fully saturated rings. The molecule has 9 rings (SSSR count). The fourth-order valence-electron chi connectivity index (χ4n) is 8.35. The number of nitrogens with zero attached hydrogens (tertiary/aromatic N) is 3. The van der Waals surface area contributed by atoms with Crippen molar-refractivity contribution < 1.29 is 9.53 Å². The molecule has 1 aromatic carbocycles. The second-order valence-corrected chi connectivity index (χ2v) is 9.52. The van der Waals surface area contributed by atoms with Crippen molar-refractivity contribution >= 4 is 5.91 Å². The average molecular weight is 359 g/mol. The number of hydrogen-bond acceptors (Lipinski definition) is 3. The maximum atomic E-state index is 13.4. The summed E-state index contributed by atoms with van der Waals surface area (Å²) in [6.07, 6.45) is 0. The molecule has 2 aromatic rings. The Hall–Kier alpha value is -2.30. The van der Waals surface area contributed by atoms with Crippen LogP contribution in [-0.4, -0.2) is 27.1 Å². The van der Waals surface area contributed by atoms with Crippen molar-refractivity contribution in [3.8, 4) is 5.88 Å². The molecule has 0 spiro atoms. The van der Waals surface area contributed by atoms with Gasteiger partial charge in [-0.25, -0.2) is 0 Å². The van der Waals surface area contributed by atoms with Crippen LogP contribution >= 0.6 is 0 Å². The first kappa shape index (κ1) is 13.8. The maximum absolute atomic E-state index is 13.4. The highest BCUT2D eigenvalue weighted by Gasteiger charge is 3.06. The molecule has 5 heteroatoms.